The van der Waals surface area contributed by atoms with Crippen LogP contribution in [0.2, 0.25) is 0 Å². The molecule has 0 saturated heterocycles. The summed E-state index contributed by atoms with van der Waals surface area (Å²) in [5.41, 5.74) is -8.65. The van der Waals surface area contributed by atoms with E-state index in [0.717, 1.165) is 0 Å². The van der Waals surface area contributed by atoms with Crippen molar-refractivity contribution in [2.45, 2.75) is 60.3 Å². The van der Waals surface area contributed by atoms with Gasteiger partial charge in [0.05, 0.1) is 0 Å². The second-order valence-corrected chi connectivity index (χ2v) is 8.77. The van der Waals surface area contributed by atoms with Crippen LogP contribution in [0.4, 0.5) is 0 Å². The van der Waals surface area contributed by atoms with Gasteiger partial charge in [-0.2, -0.15) is 0 Å². The lowest BCUT2D eigenvalue weighted by atomic mass is 9.49. The Kier molecular flexibility index (Phi) is 6.77. The topological polar surface area (TPSA) is 121 Å². The highest BCUT2D eigenvalue weighted by molar-refractivity contribution is 5.35. The lowest BCUT2D eigenvalue weighted by molar-refractivity contribution is -0.379. The summed E-state index contributed by atoms with van der Waals surface area (Å²) in [7, 11) is 0. The van der Waals surface area contributed by atoms with Gasteiger partial charge < -0.3 is 30.6 Å². The van der Waals surface area contributed by atoms with Gasteiger partial charge in [-0.25, -0.2) is 0 Å². The zero-order valence-electron chi connectivity index (χ0n) is 18.0. The largest absolute Gasteiger partial charge is 0.387 e. The van der Waals surface area contributed by atoms with Crippen LogP contribution in [0, 0.1) is 0 Å². The zero-order valence-corrected chi connectivity index (χ0v) is 18.0. The summed E-state index contributed by atoms with van der Waals surface area (Å²) in [6.45, 7) is 7.28. The molecule has 6 atom stereocenters. The Balaban J connectivity index is 2.22. The first kappa shape index (κ1) is 24.3. The molecule has 0 unspecified atom stereocenters. The van der Waals surface area contributed by atoms with Crippen molar-refractivity contribution in [1.29, 1.82) is 0 Å². The minimum absolute atomic E-state index is 0.280. The number of benzene rings is 2. The Hall–Kier alpha value is -2.32. The normalized spacial score (nSPS) is 37.1. The van der Waals surface area contributed by atoms with Crippen molar-refractivity contribution in [3.63, 3.8) is 0 Å². The van der Waals surface area contributed by atoms with E-state index in [-0.39, 0.29) is 25.7 Å². The first-order valence-corrected chi connectivity index (χ1v) is 10.6. The first-order valence-electron chi connectivity index (χ1n) is 10.6. The van der Waals surface area contributed by atoms with E-state index in [0.29, 0.717) is 11.1 Å². The third kappa shape index (κ3) is 3.53. The van der Waals surface area contributed by atoms with Crippen LogP contribution in [0.5, 0.6) is 0 Å². The van der Waals surface area contributed by atoms with Crippen LogP contribution in [0.3, 0.4) is 0 Å². The molecule has 0 spiro atoms. The number of aliphatic hydroxyl groups is 6. The molecule has 32 heavy (non-hydrogen) atoms. The zero-order chi connectivity index (χ0) is 23.6. The van der Waals surface area contributed by atoms with E-state index in [2.05, 4.69) is 13.2 Å². The molecular formula is C26H32O6. The highest BCUT2D eigenvalue weighted by Gasteiger charge is 2.77. The molecule has 172 valence electrons. The van der Waals surface area contributed by atoms with Crippen LogP contribution in [-0.4, -0.2) is 65.3 Å². The lowest BCUT2D eigenvalue weighted by Crippen LogP contribution is -2.88. The third-order valence-corrected chi connectivity index (χ3v) is 6.91. The van der Waals surface area contributed by atoms with Crippen molar-refractivity contribution in [3.8, 4) is 0 Å². The Labute approximate surface area is 188 Å². The highest BCUT2D eigenvalue weighted by Crippen LogP contribution is 2.55. The van der Waals surface area contributed by atoms with Gasteiger partial charge >= 0.3 is 0 Å². The fraction of sp³-hybridized carbons (Fsp3) is 0.385. The summed E-state index contributed by atoms with van der Waals surface area (Å²) in [4.78, 5) is 0. The van der Waals surface area contributed by atoms with Crippen molar-refractivity contribution >= 4 is 0 Å². The van der Waals surface area contributed by atoms with Crippen LogP contribution in [0.25, 0.3) is 0 Å². The van der Waals surface area contributed by atoms with E-state index in [1.807, 2.05) is 0 Å². The molecule has 6 N–H and O–H groups in total. The van der Waals surface area contributed by atoms with Crippen molar-refractivity contribution in [2.24, 2.45) is 0 Å². The standard InChI is InChI=1S/C26H32O6/c1-3-15-25(31)23(29,17-19-11-7-5-8-12-19)21(27)22(28)24(30,26(25,32)16-4-2)18-20-13-9-6-10-14-20/h3-14,21-22,27-32H,1-2,15-18H2/t21-,22+,23+,24-,25-,26-/m1/s1. The van der Waals surface area contributed by atoms with Gasteiger partial charge in [-0.1, -0.05) is 72.8 Å². The highest BCUT2D eigenvalue weighted by atomic mass is 16.5. The molecule has 6 heteroatoms. The molecule has 1 aliphatic carbocycles. The van der Waals surface area contributed by atoms with Gasteiger partial charge in [-0.3, -0.25) is 0 Å². The van der Waals surface area contributed by atoms with Gasteiger partial charge in [0.2, 0.25) is 0 Å². The maximum absolute atomic E-state index is 12.0. The minimum atomic E-state index is -2.48. The predicted octanol–water partition coefficient (Wildman–Crippen LogP) is 1.28. The summed E-state index contributed by atoms with van der Waals surface area (Å²) in [6.07, 6.45) is -2.63. The van der Waals surface area contributed by atoms with Gasteiger partial charge in [0.15, 0.2) is 0 Å². The molecule has 1 aliphatic rings. The van der Waals surface area contributed by atoms with Crippen LogP contribution < -0.4 is 0 Å². The minimum Gasteiger partial charge on any atom is -0.387 e. The molecule has 1 saturated carbocycles. The average Bonchev–Trinajstić information content (AvgIpc) is 2.78. The van der Waals surface area contributed by atoms with Crippen molar-refractivity contribution in [1.82, 2.24) is 0 Å². The Morgan fingerprint density at radius 2 is 0.938 bits per heavy atom. The molecule has 0 aliphatic heterocycles. The van der Waals surface area contributed by atoms with E-state index in [1.165, 1.54) is 12.2 Å². The number of rotatable bonds is 8. The molecule has 0 amide bonds. The van der Waals surface area contributed by atoms with Gasteiger partial charge in [-0.15, -0.1) is 13.2 Å². The molecule has 2 aromatic rings. The summed E-state index contributed by atoms with van der Waals surface area (Å²) in [5.74, 6) is 0. The summed E-state index contributed by atoms with van der Waals surface area (Å²) >= 11 is 0. The molecule has 0 radical (unpaired) electrons. The Morgan fingerprint density at radius 1 is 0.625 bits per heavy atom. The van der Waals surface area contributed by atoms with Crippen molar-refractivity contribution in [3.05, 3.63) is 97.1 Å². The maximum Gasteiger partial charge on any atom is 0.131 e. The van der Waals surface area contributed by atoms with Crippen LogP contribution >= 0.6 is 0 Å². The van der Waals surface area contributed by atoms with E-state index in [9.17, 15) is 30.6 Å². The summed E-state index contributed by atoms with van der Waals surface area (Å²) < 4.78 is 0. The van der Waals surface area contributed by atoms with Crippen LogP contribution in [0.15, 0.2) is 86.0 Å². The monoisotopic (exact) mass is 440 g/mol. The molecule has 1 fully saturated rings. The molecular weight excluding hydrogens is 408 g/mol. The average molecular weight is 441 g/mol. The maximum atomic E-state index is 12.0. The SMILES string of the molecule is C=CC[C@]1(O)[C@@](O)(CC=C)[C@](O)(Cc2ccccc2)[C@H](O)[C@H](O)[C@]1(O)Cc1ccccc1. The molecule has 0 heterocycles. The van der Waals surface area contributed by atoms with Gasteiger partial charge in [0.25, 0.3) is 0 Å². The van der Waals surface area contributed by atoms with E-state index >= 15 is 0 Å². The third-order valence-electron chi connectivity index (χ3n) is 6.91. The second kappa shape index (κ2) is 8.90. The van der Waals surface area contributed by atoms with Crippen LogP contribution in [0.1, 0.15) is 24.0 Å². The van der Waals surface area contributed by atoms with Crippen LogP contribution in [-0.2, 0) is 12.8 Å². The molecule has 6 nitrogen and oxygen atoms in total. The molecule has 0 aromatic heterocycles. The van der Waals surface area contributed by atoms with E-state index < -0.39 is 34.6 Å². The number of hydrogen-bond acceptors (Lipinski definition) is 6. The Morgan fingerprint density at radius 3 is 1.22 bits per heavy atom. The number of hydrogen-bond donors (Lipinski definition) is 6. The first-order chi connectivity index (χ1) is 15.1. The summed E-state index contributed by atoms with van der Waals surface area (Å²) in [6, 6.07) is 17.3. The fourth-order valence-electron chi connectivity index (χ4n) is 5.15. The Bertz CT molecular complexity index is 856. The smallest absolute Gasteiger partial charge is 0.131 e. The summed E-state index contributed by atoms with van der Waals surface area (Å²) in [5, 5.41) is 69.7. The van der Waals surface area contributed by atoms with Gasteiger partial charge in [0.1, 0.15) is 34.6 Å². The van der Waals surface area contributed by atoms with E-state index in [1.54, 1.807) is 60.7 Å². The van der Waals surface area contributed by atoms with Crippen molar-refractivity contribution < 1.29 is 30.6 Å². The quantitative estimate of drug-likeness (QED) is 0.344. The van der Waals surface area contributed by atoms with Crippen molar-refractivity contribution in [2.75, 3.05) is 0 Å². The van der Waals surface area contributed by atoms with E-state index in [4.69, 9.17) is 0 Å². The molecule has 2 aromatic carbocycles. The lowest BCUT2D eigenvalue weighted by Gasteiger charge is -2.65. The fourth-order valence-corrected chi connectivity index (χ4v) is 5.15. The predicted molar refractivity (Wildman–Crippen MR) is 122 cm³/mol. The van der Waals surface area contributed by atoms with Gasteiger partial charge in [0, 0.05) is 12.8 Å². The second-order valence-electron chi connectivity index (χ2n) is 8.77. The van der Waals surface area contributed by atoms with Gasteiger partial charge in [-0.05, 0) is 24.0 Å². The molecule has 3 rings (SSSR count). The molecule has 0 bridgehead atoms. The number of aliphatic hydroxyl groups excluding tert-OH is 2.